The second kappa shape index (κ2) is 7.49. The lowest BCUT2D eigenvalue weighted by Crippen LogP contribution is -1.83. The molecule has 0 radical (unpaired) electrons. The molecule has 0 aliphatic carbocycles. The van der Waals surface area contributed by atoms with Crippen molar-refractivity contribution in [3.8, 4) is 28.8 Å². The summed E-state index contributed by atoms with van der Waals surface area (Å²) in [4.78, 5) is 4.53. The first-order chi connectivity index (χ1) is 14.8. The Labute approximate surface area is 172 Å². The van der Waals surface area contributed by atoms with Gasteiger partial charge < -0.3 is 4.42 Å². The minimum atomic E-state index is 0.289. The first-order valence-corrected chi connectivity index (χ1v) is 9.35. The number of para-hydroxylation sites is 2. The summed E-state index contributed by atoms with van der Waals surface area (Å²) in [5, 5.41) is 19.4. The summed E-state index contributed by atoms with van der Waals surface area (Å²) in [5.74, 6) is 0.618. The minimum Gasteiger partial charge on any atom is -0.436 e. The molecular weight excluding hydrogens is 374 g/mol. The third-order valence-electron chi connectivity index (χ3n) is 4.76. The van der Waals surface area contributed by atoms with Crippen LogP contribution in [-0.2, 0) is 0 Å². The maximum atomic E-state index is 9.07. The van der Waals surface area contributed by atoms with Gasteiger partial charge in [-0.05, 0) is 35.4 Å². The number of hydrogen-bond donors (Lipinski definition) is 1. The molecule has 0 saturated carbocycles. The zero-order chi connectivity index (χ0) is 20.3. The molecular formula is C24H15N5O. The van der Waals surface area contributed by atoms with Crippen LogP contribution in [0.1, 0.15) is 16.8 Å². The summed E-state index contributed by atoms with van der Waals surface area (Å²) in [6.45, 7) is 0. The van der Waals surface area contributed by atoms with Gasteiger partial charge >= 0.3 is 0 Å². The van der Waals surface area contributed by atoms with Gasteiger partial charge in [0.15, 0.2) is 11.3 Å². The standard InChI is InChI=1S/C24H15N5O/c25-15-21-23(28-29-27-21)18-11-7-16(8-12-18)5-6-17-9-13-19(14-10-17)24-26-20-3-1-2-4-22(20)30-24/h1-14H,(H,27,28,29). The number of nitrogens with zero attached hydrogens (tertiary/aromatic N) is 4. The molecule has 0 aliphatic heterocycles. The zero-order valence-electron chi connectivity index (χ0n) is 15.8. The molecule has 5 rings (SSSR count). The Bertz CT molecular complexity index is 1350. The lowest BCUT2D eigenvalue weighted by molar-refractivity contribution is 0.620. The second-order valence-electron chi connectivity index (χ2n) is 6.70. The minimum absolute atomic E-state index is 0.289. The Morgan fingerprint density at radius 3 is 2.13 bits per heavy atom. The molecule has 0 spiro atoms. The van der Waals surface area contributed by atoms with Gasteiger partial charge in [-0.15, -0.1) is 5.10 Å². The molecule has 30 heavy (non-hydrogen) atoms. The molecule has 2 aromatic heterocycles. The van der Waals surface area contributed by atoms with E-state index in [1.807, 2.05) is 91.0 Å². The summed E-state index contributed by atoms with van der Waals surface area (Å²) in [6, 6.07) is 25.6. The first-order valence-electron chi connectivity index (χ1n) is 9.35. The Morgan fingerprint density at radius 2 is 1.47 bits per heavy atom. The van der Waals surface area contributed by atoms with E-state index in [0.717, 1.165) is 33.4 Å². The third-order valence-corrected chi connectivity index (χ3v) is 4.76. The number of aromatic amines is 1. The normalized spacial score (nSPS) is 11.2. The van der Waals surface area contributed by atoms with Crippen LogP contribution in [0, 0.1) is 11.3 Å². The van der Waals surface area contributed by atoms with Crippen molar-refractivity contribution in [3.63, 3.8) is 0 Å². The molecule has 0 bridgehead atoms. The number of H-pyrrole nitrogens is 1. The predicted molar refractivity (Wildman–Crippen MR) is 115 cm³/mol. The summed E-state index contributed by atoms with van der Waals surface area (Å²) < 4.78 is 5.82. The van der Waals surface area contributed by atoms with Crippen LogP contribution in [-0.4, -0.2) is 20.4 Å². The van der Waals surface area contributed by atoms with Gasteiger partial charge in [-0.2, -0.15) is 15.6 Å². The van der Waals surface area contributed by atoms with Crippen molar-refractivity contribution in [1.29, 1.82) is 5.26 Å². The van der Waals surface area contributed by atoms with E-state index < -0.39 is 0 Å². The number of benzene rings is 3. The first kappa shape index (κ1) is 17.6. The van der Waals surface area contributed by atoms with E-state index in [1.165, 1.54) is 0 Å². The quantitative estimate of drug-likeness (QED) is 0.420. The van der Waals surface area contributed by atoms with E-state index in [4.69, 9.17) is 9.68 Å². The Kier molecular flexibility index (Phi) is 4.39. The highest BCUT2D eigenvalue weighted by molar-refractivity contribution is 5.77. The van der Waals surface area contributed by atoms with Gasteiger partial charge in [-0.3, -0.25) is 0 Å². The monoisotopic (exact) mass is 389 g/mol. The SMILES string of the molecule is N#Cc1n[nH]nc1-c1ccc(C=Cc2ccc(-c3nc4ccccc4o3)cc2)cc1. The number of nitriles is 1. The van der Waals surface area contributed by atoms with E-state index in [0.29, 0.717) is 11.6 Å². The van der Waals surface area contributed by atoms with Crippen LogP contribution < -0.4 is 0 Å². The maximum Gasteiger partial charge on any atom is 0.227 e. The molecule has 2 heterocycles. The Hall–Kier alpha value is -4.50. The molecule has 5 aromatic rings. The topological polar surface area (TPSA) is 91.4 Å². The molecule has 0 atom stereocenters. The van der Waals surface area contributed by atoms with Crippen LogP contribution in [0.15, 0.2) is 77.2 Å². The number of nitrogens with one attached hydrogen (secondary N) is 1. The van der Waals surface area contributed by atoms with Crippen molar-refractivity contribution < 1.29 is 4.42 Å². The average molecular weight is 389 g/mol. The van der Waals surface area contributed by atoms with Crippen LogP contribution >= 0.6 is 0 Å². The number of rotatable bonds is 4. The summed E-state index contributed by atoms with van der Waals surface area (Å²) in [6.07, 6.45) is 4.08. The molecule has 0 unspecified atom stereocenters. The zero-order valence-corrected chi connectivity index (χ0v) is 15.8. The number of hydrogen-bond acceptors (Lipinski definition) is 5. The van der Waals surface area contributed by atoms with Crippen molar-refractivity contribution in [3.05, 3.63) is 89.6 Å². The van der Waals surface area contributed by atoms with Crippen LogP contribution in [0.4, 0.5) is 0 Å². The Balaban J connectivity index is 1.32. The molecule has 0 amide bonds. The van der Waals surface area contributed by atoms with Gasteiger partial charge in [0.05, 0.1) is 0 Å². The van der Waals surface area contributed by atoms with Crippen molar-refractivity contribution in [2.75, 3.05) is 0 Å². The molecule has 1 N–H and O–H groups in total. The summed E-state index contributed by atoms with van der Waals surface area (Å²) in [7, 11) is 0. The molecule has 142 valence electrons. The molecule has 6 heteroatoms. The van der Waals surface area contributed by atoms with E-state index in [9.17, 15) is 0 Å². The predicted octanol–water partition coefficient (Wildman–Crippen LogP) is 5.32. The fourth-order valence-corrected chi connectivity index (χ4v) is 3.19. The highest BCUT2D eigenvalue weighted by atomic mass is 16.3. The second-order valence-corrected chi connectivity index (χ2v) is 6.70. The summed E-state index contributed by atoms with van der Waals surface area (Å²) in [5.41, 5.74) is 6.39. The highest BCUT2D eigenvalue weighted by Crippen LogP contribution is 2.25. The van der Waals surface area contributed by atoms with E-state index in [2.05, 4.69) is 20.4 Å². The van der Waals surface area contributed by atoms with Gasteiger partial charge in [0.1, 0.15) is 17.3 Å². The van der Waals surface area contributed by atoms with E-state index in [1.54, 1.807) is 0 Å². The van der Waals surface area contributed by atoms with Crippen molar-refractivity contribution in [1.82, 2.24) is 20.4 Å². The van der Waals surface area contributed by atoms with Crippen molar-refractivity contribution in [2.45, 2.75) is 0 Å². The molecule has 0 saturated heterocycles. The lowest BCUT2D eigenvalue weighted by atomic mass is 10.1. The van der Waals surface area contributed by atoms with Gasteiger partial charge in [-0.25, -0.2) is 4.98 Å². The van der Waals surface area contributed by atoms with Crippen molar-refractivity contribution in [2.24, 2.45) is 0 Å². The number of aromatic nitrogens is 4. The molecule has 6 nitrogen and oxygen atoms in total. The molecule has 0 aliphatic rings. The van der Waals surface area contributed by atoms with Crippen LogP contribution in [0.5, 0.6) is 0 Å². The van der Waals surface area contributed by atoms with Crippen LogP contribution in [0.25, 0.3) is 46.0 Å². The van der Waals surface area contributed by atoms with Crippen molar-refractivity contribution >= 4 is 23.3 Å². The largest absolute Gasteiger partial charge is 0.436 e. The van der Waals surface area contributed by atoms with Gasteiger partial charge in [0.25, 0.3) is 0 Å². The fraction of sp³-hybridized carbons (Fsp3) is 0. The van der Waals surface area contributed by atoms with E-state index in [-0.39, 0.29) is 5.69 Å². The molecule has 3 aromatic carbocycles. The average Bonchev–Trinajstić information content (AvgIpc) is 3.45. The number of oxazole rings is 1. The summed E-state index contributed by atoms with van der Waals surface area (Å²) >= 11 is 0. The maximum absolute atomic E-state index is 9.07. The molecule has 0 fully saturated rings. The number of fused-ring (bicyclic) bond motifs is 1. The van der Waals surface area contributed by atoms with Crippen LogP contribution in [0.2, 0.25) is 0 Å². The third kappa shape index (κ3) is 3.36. The van der Waals surface area contributed by atoms with Gasteiger partial charge in [-0.1, -0.05) is 60.7 Å². The van der Waals surface area contributed by atoms with Gasteiger partial charge in [0, 0.05) is 11.1 Å². The Morgan fingerprint density at radius 1 is 0.800 bits per heavy atom. The highest BCUT2D eigenvalue weighted by Gasteiger charge is 2.09. The van der Waals surface area contributed by atoms with Gasteiger partial charge in [0.2, 0.25) is 5.89 Å². The lowest BCUT2D eigenvalue weighted by Gasteiger charge is -1.99. The smallest absolute Gasteiger partial charge is 0.227 e. The fourth-order valence-electron chi connectivity index (χ4n) is 3.19. The van der Waals surface area contributed by atoms with Crippen LogP contribution in [0.3, 0.4) is 0 Å². The van der Waals surface area contributed by atoms with E-state index >= 15 is 0 Å².